The SMILES string of the molecule is CC[C@@H]1CCOC2Cn3cc(C(=O)NC4(c5ccc(F)cc5F)CCCCC4)c(=O)c(OC)c3C(=O)N21. The van der Waals surface area contributed by atoms with Crippen LogP contribution in [0.2, 0.25) is 0 Å². The third-order valence-corrected chi connectivity index (χ3v) is 7.92. The molecule has 0 bridgehead atoms. The molecular formula is C27H31F2N3O5. The highest BCUT2D eigenvalue weighted by molar-refractivity contribution is 5.99. The van der Waals surface area contributed by atoms with Crippen LogP contribution in [0, 0.1) is 11.6 Å². The number of pyridine rings is 1. The molecule has 1 aliphatic carbocycles. The Morgan fingerprint density at radius 1 is 1.22 bits per heavy atom. The van der Waals surface area contributed by atoms with Gasteiger partial charge in [0.2, 0.25) is 5.43 Å². The monoisotopic (exact) mass is 515 g/mol. The predicted octanol–water partition coefficient (Wildman–Crippen LogP) is 3.71. The molecule has 2 aromatic rings. The highest BCUT2D eigenvalue weighted by Gasteiger charge is 2.43. The van der Waals surface area contributed by atoms with Crippen molar-refractivity contribution in [3.05, 3.63) is 63.1 Å². The summed E-state index contributed by atoms with van der Waals surface area (Å²) in [4.78, 5) is 42.2. The van der Waals surface area contributed by atoms with Gasteiger partial charge >= 0.3 is 0 Å². The smallest absolute Gasteiger partial charge is 0.276 e. The van der Waals surface area contributed by atoms with Crippen LogP contribution in [0.4, 0.5) is 8.78 Å². The minimum atomic E-state index is -1.08. The molecule has 198 valence electrons. The van der Waals surface area contributed by atoms with Crippen molar-refractivity contribution in [2.45, 2.75) is 76.2 Å². The number of nitrogens with one attached hydrogen (secondary N) is 1. The van der Waals surface area contributed by atoms with Gasteiger partial charge in [-0.1, -0.05) is 32.3 Å². The fraction of sp³-hybridized carbons (Fsp3) is 0.519. The largest absolute Gasteiger partial charge is 0.491 e. The van der Waals surface area contributed by atoms with Crippen LogP contribution < -0.4 is 15.5 Å². The first-order valence-corrected chi connectivity index (χ1v) is 12.8. The zero-order chi connectivity index (χ0) is 26.3. The second-order valence-corrected chi connectivity index (χ2v) is 10.0. The van der Waals surface area contributed by atoms with E-state index < -0.39 is 34.7 Å². The van der Waals surface area contributed by atoms with Gasteiger partial charge in [-0.25, -0.2) is 8.78 Å². The summed E-state index contributed by atoms with van der Waals surface area (Å²) in [6.07, 6.45) is 5.61. The lowest BCUT2D eigenvalue weighted by atomic mass is 9.76. The van der Waals surface area contributed by atoms with Crippen molar-refractivity contribution >= 4 is 11.8 Å². The van der Waals surface area contributed by atoms with Gasteiger partial charge in [0.15, 0.2) is 17.7 Å². The summed E-state index contributed by atoms with van der Waals surface area (Å²) in [6, 6.07) is 3.32. The highest BCUT2D eigenvalue weighted by atomic mass is 19.1. The minimum Gasteiger partial charge on any atom is -0.491 e. The lowest BCUT2D eigenvalue weighted by molar-refractivity contribution is -0.116. The summed E-state index contributed by atoms with van der Waals surface area (Å²) >= 11 is 0. The van der Waals surface area contributed by atoms with E-state index in [1.807, 2.05) is 6.92 Å². The second-order valence-electron chi connectivity index (χ2n) is 10.0. The lowest BCUT2D eigenvalue weighted by Crippen LogP contribution is -2.58. The fourth-order valence-electron chi connectivity index (χ4n) is 6.06. The normalized spacial score (nSPS) is 22.7. The summed E-state index contributed by atoms with van der Waals surface area (Å²) in [5.74, 6) is -2.73. The van der Waals surface area contributed by atoms with Crippen LogP contribution >= 0.6 is 0 Å². The molecule has 2 aliphatic heterocycles. The topological polar surface area (TPSA) is 89.9 Å². The van der Waals surface area contributed by atoms with Crippen LogP contribution in [0.3, 0.4) is 0 Å². The number of rotatable bonds is 5. The average Bonchev–Trinajstić information content (AvgIpc) is 2.88. The molecule has 10 heteroatoms. The zero-order valence-electron chi connectivity index (χ0n) is 21.0. The summed E-state index contributed by atoms with van der Waals surface area (Å²) in [6.45, 7) is 2.75. The molecule has 1 aromatic carbocycles. The van der Waals surface area contributed by atoms with Gasteiger partial charge in [0.05, 0.1) is 25.8 Å². The molecule has 1 saturated heterocycles. The van der Waals surface area contributed by atoms with E-state index in [-0.39, 0.29) is 41.1 Å². The first-order valence-electron chi connectivity index (χ1n) is 12.8. The molecule has 2 fully saturated rings. The summed E-state index contributed by atoms with van der Waals surface area (Å²) in [5.41, 5.74) is -1.73. The van der Waals surface area contributed by atoms with Gasteiger partial charge in [0.1, 0.15) is 17.2 Å². The van der Waals surface area contributed by atoms with E-state index in [0.717, 1.165) is 31.7 Å². The molecule has 3 heterocycles. The van der Waals surface area contributed by atoms with Gasteiger partial charge in [-0.05, 0) is 31.7 Å². The van der Waals surface area contributed by atoms with E-state index in [4.69, 9.17) is 9.47 Å². The Morgan fingerprint density at radius 3 is 2.65 bits per heavy atom. The summed E-state index contributed by atoms with van der Waals surface area (Å²) in [7, 11) is 1.29. The molecular weight excluding hydrogens is 484 g/mol. The third-order valence-electron chi connectivity index (χ3n) is 7.92. The average molecular weight is 516 g/mol. The molecule has 1 unspecified atom stereocenters. The summed E-state index contributed by atoms with van der Waals surface area (Å²) in [5, 5.41) is 2.91. The predicted molar refractivity (Wildman–Crippen MR) is 130 cm³/mol. The van der Waals surface area contributed by atoms with Crippen molar-refractivity contribution in [3.8, 4) is 5.75 Å². The number of fused-ring (bicyclic) bond motifs is 2. The van der Waals surface area contributed by atoms with E-state index >= 15 is 0 Å². The Labute approximate surface area is 213 Å². The van der Waals surface area contributed by atoms with E-state index in [0.29, 0.717) is 25.9 Å². The van der Waals surface area contributed by atoms with E-state index in [2.05, 4.69) is 5.32 Å². The number of amides is 2. The van der Waals surface area contributed by atoms with Gasteiger partial charge < -0.3 is 24.3 Å². The van der Waals surface area contributed by atoms with Gasteiger partial charge in [-0.3, -0.25) is 14.4 Å². The maximum atomic E-state index is 14.9. The molecule has 0 radical (unpaired) electrons. The van der Waals surface area contributed by atoms with Crippen molar-refractivity contribution in [2.24, 2.45) is 0 Å². The van der Waals surface area contributed by atoms with Crippen molar-refractivity contribution in [2.75, 3.05) is 13.7 Å². The van der Waals surface area contributed by atoms with E-state index in [1.54, 1.807) is 9.47 Å². The third kappa shape index (κ3) is 4.31. The van der Waals surface area contributed by atoms with Crippen LogP contribution in [0.5, 0.6) is 5.75 Å². The number of nitrogens with zero attached hydrogens (tertiary/aromatic N) is 2. The molecule has 3 aliphatic rings. The zero-order valence-corrected chi connectivity index (χ0v) is 21.0. The van der Waals surface area contributed by atoms with Gasteiger partial charge in [0.25, 0.3) is 11.8 Å². The standard InChI is InChI=1S/C27H31F2N3O5/c1-3-17-9-12-37-21-15-31-14-18(23(33)24(36-2)22(31)26(35)32(17)21)25(34)30-27(10-5-4-6-11-27)19-8-7-16(28)13-20(19)29/h7-8,13-14,17,21H,3-6,9-12,15H2,1-2H3,(H,30,34)/t17-,21?/m1/s1. The van der Waals surface area contributed by atoms with Crippen molar-refractivity contribution in [1.29, 1.82) is 0 Å². The van der Waals surface area contributed by atoms with Crippen molar-refractivity contribution < 1.29 is 27.8 Å². The number of aromatic nitrogens is 1. The number of carbonyl (C=O) groups is 2. The Hall–Kier alpha value is -3.27. The molecule has 2 atom stereocenters. The molecule has 1 N–H and O–H groups in total. The van der Waals surface area contributed by atoms with Gasteiger partial charge in [-0.2, -0.15) is 0 Å². The Balaban J connectivity index is 1.55. The van der Waals surface area contributed by atoms with Crippen LogP contribution in [0.15, 0.2) is 29.2 Å². The first kappa shape index (κ1) is 25.4. The maximum absolute atomic E-state index is 14.9. The number of halogens is 2. The molecule has 0 spiro atoms. The molecule has 37 heavy (non-hydrogen) atoms. The van der Waals surface area contributed by atoms with Crippen LogP contribution in [0.25, 0.3) is 0 Å². The Bertz CT molecular complexity index is 1290. The van der Waals surface area contributed by atoms with Gasteiger partial charge in [0, 0.05) is 23.9 Å². The van der Waals surface area contributed by atoms with Crippen molar-refractivity contribution in [1.82, 2.24) is 14.8 Å². The Kier molecular flexibility index (Phi) is 6.78. The second kappa shape index (κ2) is 9.89. The maximum Gasteiger partial charge on any atom is 0.276 e. The number of carbonyl (C=O) groups excluding carboxylic acids is 2. The Morgan fingerprint density at radius 2 is 1.97 bits per heavy atom. The quantitative estimate of drug-likeness (QED) is 0.656. The first-order chi connectivity index (χ1) is 17.8. The van der Waals surface area contributed by atoms with Gasteiger partial charge in [-0.15, -0.1) is 0 Å². The van der Waals surface area contributed by atoms with Crippen LogP contribution in [-0.4, -0.2) is 47.3 Å². The number of benzene rings is 1. The molecule has 8 nitrogen and oxygen atoms in total. The summed E-state index contributed by atoms with van der Waals surface area (Å²) < 4.78 is 41.3. The fourth-order valence-corrected chi connectivity index (χ4v) is 6.06. The van der Waals surface area contributed by atoms with E-state index in [9.17, 15) is 23.2 Å². The minimum absolute atomic E-state index is 0.0143. The number of ether oxygens (including phenoxy) is 2. The number of hydrogen-bond acceptors (Lipinski definition) is 5. The highest BCUT2D eigenvalue weighted by Crippen LogP contribution is 2.39. The molecule has 1 saturated carbocycles. The lowest BCUT2D eigenvalue weighted by Gasteiger charge is -2.45. The molecule has 2 amide bonds. The number of methoxy groups -OCH3 is 1. The molecule has 5 rings (SSSR count). The van der Waals surface area contributed by atoms with Crippen LogP contribution in [0.1, 0.15) is 78.3 Å². The number of hydrogen-bond donors (Lipinski definition) is 1. The van der Waals surface area contributed by atoms with E-state index in [1.165, 1.54) is 25.4 Å². The van der Waals surface area contributed by atoms with Crippen LogP contribution in [-0.2, 0) is 16.8 Å². The molecule has 1 aromatic heterocycles. The van der Waals surface area contributed by atoms with Crippen molar-refractivity contribution in [3.63, 3.8) is 0 Å².